The minimum absolute atomic E-state index is 0.00355. The summed E-state index contributed by atoms with van der Waals surface area (Å²) in [4.78, 5) is 33.6. The molecule has 0 aliphatic carbocycles. The second kappa shape index (κ2) is 8.32. The van der Waals surface area contributed by atoms with Crippen LogP contribution in [0.3, 0.4) is 0 Å². The van der Waals surface area contributed by atoms with Gasteiger partial charge in [-0.25, -0.2) is 18.5 Å². The largest absolute Gasteiger partial charge is 0.491 e. The van der Waals surface area contributed by atoms with Gasteiger partial charge in [-0.15, -0.1) is 0 Å². The summed E-state index contributed by atoms with van der Waals surface area (Å²) >= 11 is 0. The zero-order valence-corrected chi connectivity index (χ0v) is 15.4. The molecule has 1 saturated heterocycles. The number of hydrogen-bond acceptors (Lipinski definition) is 11. The highest BCUT2D eigenvalue weighted by atomic mass is 31.3. The second-order valence-electron chi connectivity index (χ2n) is 4.95. The summed E-state index contributed by atoms with van der Waals surface area (Å²) in [6.45, 7) is -0.725. The lowest BCUT2D eigenvalue weighted by Gasteiger charge is -2.18. The molecule has 0 aromatic carbocycles. The molecule has 1 aliphatic heterocycles. The number of phosphoric acid groups is 2. The molecule has 0 radical (unpaired) electrons. The average Bonchev–Trinajstić information content (AvgIpc) is 2.85. The van der Waals surface area contributed by atoms with Gasteiger partial charge in [0, 0.05) is 12.6 Å². The van der Waals surface area contributed by atoms with Crippen molar-refractivity contribution in [2.45, 2.75) is 24.9 Å². The van der Waals surface area contributed by atoms with E-state index in [1.54, 1.807) is 0 Å². The molecule has 5 unspecified atom stereocenters. The van der Waals surface area contributed by atoms with Crippen molar-refractivity contribution in [2.24, 2.45) is 0 Å². The Labute approximate surface area is 147 Å². The van der Waals surface area contributed by atoms with Gasteiger partial charge in [0.2, 0.25) is 0 Å². The fourth-order valence-electron chi connectivity index (χ4n) is 2.06. The average molecular weight is 433 g/mol. The van der Waals surface area contributed by atoms with Gasteiger partial charge >= 0.3 is 30.0 Å². The number of aliphatic hydroxyl groups is 1. The van der Waals surface area contributed by atoms with Crippen LogP contribution in [-0.4, -0.2) is 43.3 Å². The molecule has 2 heterocycles. The van der Waals surface area contributed by atoms with E-state index in [-0.39, 0.29) is 12.2 Å². The lowest BCUT2D eigenvalue weighted by atomic mass is 10.2. The Morgan fingerprint density at radius 2 is 2.12 bits per heavy atom. The molecule has 1 aliphatic rings. The van der Waals surface area contributed by atoms with Crippen LogP contribution in [-0.2, 0) is 31.6 Å². The van der Waals surface area contributed by atoms with Gasteiger partial charge in [-0.3, -0.25) is 9.09 Å². The van der Waals surface area contributed by atoms with Crippen LogP contribution in [0, 0.1) is 0 Å². The number of phosphoric ester groups is 1. The molecular weight excluding hydrogens is 419 g/mol. The predicted octanol–water partition coefficient (Wildman–Crippen LogP) is -0.0688. The molecule has 5 N–H and O–H groups in total. The van der Waals surface area contributed by atoms with Crippen LogP contribution in [0.1, 0.15) is 12.6 Å². The highest BCUT2D eigenvalue weighted by molar-refractivity contribution is 7.63. The topological polar surface area (TPSA) is 210 Å². The number of aliphatic hydroxyl groups excluding tert-OH is 1. The van der Waals surface area contributed by atoms with Gasteiger partial charge in [0.05, 0.1) is 12.7 Å². The van der Waals surface area contributed by atoms with E-state index >= 15 is 0 Å². The minimum Gasteiger partial charge on any atom is -0.390 e. The van der Waals surface area contributed by atoms with E-state index in [1.165, 1.54) is 12.3 Å². The number of anilines is 1. The second-order valence-corrected chi connectivity index (χ2v) is 8.53. The van der Waals surface area contributed by atoms with E-state index in [9.17, 15) is 28.5 Å². The summed E-state index contributed by atoms with van der Waals surface area (Å²) in [5.41, 5.74) is 4.64. The van der Waals surface area contributed by atoms with Crippen LogP contribution in [0.25, 0.3) is 0 Å². The van der Waals surface area contributed by atoms with E-state index in [0.29, 0.717) is 0 Å². The standard InChI is InChI=1S/C9H14N3O11P3/c10-7-1-2-12(9(14)11-7)8-3-5(13)6(21-8)4-20-25(16,17)23-26(18,19)22-24-15/h1-2,5-6,8,13H,3-4H2,(H,16,17)(H,18,19)(H2,10,11,14). The Hall–Kier alpha value is -1.04. The molecule has 1 aromatic rings. The Kier molecular flexibility index (Phi) is 6.81. The summed E-state index contributed by atoms with van der Waals surface area (Å²) in [5.74, 6) is -0.00355. The van der Waals surface area contributed by atoms with E-state index in [0.717, 1.165) is 4.57 Å². The molecule has 1 fully saturated rings. The maximum absolute atomic E-state index is 11.8. The number of nitrogens with zero attached hydrogens (tertiary/aromatic N) is 2. The Morgan fingerprint density at radius 1 is 1.42 bits per heavy atom. The molecule has 1 aromatic heterocycles. The van der Waals surface area contributed by atoms with Crippen LogP contribution < -0.4 is 11.4 Å². The van der Waals surface area contributed by atoms with Crippen molar-refractivity contribution in [1.29, 1.82) is 0 Å². The molecular formula is C9H14N3O11P3. The van der Waals surface area contributed by atoms with Crippen LogP contribution >= 0.6 is 24.3 Å². The zero-order valence-electron chi connectivity index (χ0n) is 12.7. The molecule has 2 rings (SSSR count). The van der Waals surface area contributed by atoms with Gasteiger partial charge in [0.1, 0.15) is 18.1 Å². The summed E-state index contributed by atoms with van der Waals surface area (Å²) < 4.78 is 51.3. The fraction of sp³-hybridized carbons (Fsp3) is 0.556. The predicted molar refractivity (Wildman–Crippen MR) is 82.8 cm³/mol. The lowest BCUT2D eigenvalue weighted by Crippen LogP contribution is -2.28. The van der Waals surface area contributed by atoms with Gasteiger partial charge in [-0.1, -0.05) is 0 Å². The van der Waals surface area contributed by atoms with E-state index in [4.69, 9.17) is 15.4 Å². The minimum atomic E-state index is -5.10. The first-order valence-electron chi connectivity index (χ1n) is 6.74. The van der Waals surface area contributed by atoms with Gasteiger partial charge < -0.3 is 25.4 Å². The third-order valence-electron chi connectivity index (χ3n) is 3.11. The Bertz CT molecular complexity index is 816. The number of hydrogen-bond donors (Lipinski definition) is 4. The van der Waals surface area contributed by atoms with Crippen molar-refractivity contribution in [1.82, 2.24) is 9.55 Å². The molecule has 0 saturated carbocycles. The van der Waals surface area contributed by atoms with Gasteiger partial charge in [-0.2, -0.15) is 13.6 Å². The number of nitrogens with two attached hydrogens (primary N) is 1. The monoisotopic (exact) mass is 433 g/mol. The third-order valence-corrected chi connectivity index (χ3v) is 6.33. The molecule has 0 spiro atoms. The van der Waals surface area contributed by atoms with Crippen LogP contribution in [0.2, 0.25) is 0 Å². The number of aromatic nitrogens is 2. The van der Waals surface area contributed by atoms with Crippen LogP contribution in [0.4, 0.5) is 5.82 Å². The SMILES string of the molecule is Nc1ccn(C2CC(O)C(COP(=O)(O)OP(=O)(O)OP=O)O2)c(=O)n1. The van der Waals surface area contributed by atoms with E-state index in [1.807, 2.05) is 0 Å². The molecule has 26 heavy (non-hydrogen) atoms. The molecule has 5 atom stereocenters. The molecule has 14 nitrogen and oxygen atoms in total. The first-order valence-corrected chi connectivity index (χ1v) is 10.5. The van der Waals surface area contributed by atoms with Gasteiger partial charge in [0.15, 0.2) is 0 Å². The Balaban J connectivity index is 1.98. The summed E-state index contributed by atoms with van der Waals surface area (Å²) in [5, 5.41) is 9.93. The lowest BCUT2D eigenvalue weighted by molar-refractivity contribution is -0.0449. The highest BCUT2D eigenvalue weighted by Crippen LogP contribution is 2.61. The highest BCUT2D eigenvalue weighted by Gasteiger charge is 2.40. The summed E-state index contributed by atoms with van der Waals surface area (Å²) in [6, 6.07) is 1.34. The van der Waals surface area contributed by atoms with Crippen molar-refractivity contribution < 1.29 is 46.5 Å². The molecule has 0 amide bonds. The number of rotatable bonds is 8. The van der Waals surface area contributed by atoms with Crippen molar-refractivity contribution in [3.05, 3.63) is 22.7 Å². The van der Waals surface area contributed by atoms with Gasteiger partial charge in [0.25, 0.3) is 0 Å². The maximum Gasteiger partial charge on any atom is 0.491 e. The van der Waals surface area contributed by atoms with Crippen molar-refractivity contribution in [2.75, 3.05) is 12.3 Å². The number of nitrogen functional groups attached to an aromatic ring is 1. The molecule has 17 heteroatoms. The normalized spacial score (nSPS) is 27.9. The van der Waals surface area contributed by atoms with Crippen molar-refractivity contribution in [3.63, 3.8) is 0 Å². The fourth-order valence-corrected chi connectivity index (χ4v) is 4.35. The zero-order chi connectivity index (χ0) is 19.5. The first kappa shape index (κ1) is 21.3. The Morgan fingerprint density at radius 3 is 2.73 bits per heavy atom. The van der Waals surface area contributed by atoms with Crippen LogP contribution in [0.15, 0.2) is 17.1 Å². The third kappa shape index (κ3) is 5.73. The van der Waals surface area contributed by atoms with E-state index in [2.05, 4.69) is 18.1 Å². The van der Waals surface area contributed by atoms with E-state index < -0.39 is 55.1 Å². The summed E-state index contributed by atoms with van der Waals surface area (Å²) in [7, 11) is -11.4. The van der Waals surface area contributed by atoms with Gasteiger partial charge in [-0.05, 0) is 6.07 Å². The molecule has 0 bridgehead atoms. The summed E-state index contributed by atoms with van der Waals surface area (Å²) in [6.07, 6.45) is -2.06. The smallest absolute Gasteiger partial charge is 0.390 e. The van der Waals surface area contributed by atoms with Crippen LogP contribution in [0.5, 0.6) is 0 Å². The van der Waals surface area contributed by atoms with Crippen molar-refractivity contribution >= 4 is 30.2 Å². The first-order chi connectivity index (χ1) is 12.0. The molecule has 146 valence electrons. The van der Waals surface area contributed by atoms with Crippen molar-refractivity contribution in [3.8, 4) is 0 Å². The number of ether oxygens (including phenoxy) is 1. The quantitative estimate of drug-likeness (QED) is 0.396. The maximum atomic E-state index is 11.8.